The van der Waals surface area contributed by atoms with Crippen molar-refractivity contribution >= 4 is 61.9 Å². The monoisotopic (exact) mass is 504 g/mol. The Morgan fingerprint density at radius 3 is 2.48 bits per heavy atom. The fraction of sp³-hybridized carbons (Fsp3) is 0.0588. The molecule has 1 saturated heterocycles. The van der Waals surface area contributed by atoms with Gasteiger partial charge in [-0.15, -0.1) is 0 Å². The van der Waals surface area contributed by atoms with Crippen LogP contribution >= 0.6 is 39.9 Å². The normalized spacial score (nSPS) is 15.5. The molecule has 6 nitrogen and oxygen atoms in total. The van der Waals surface area contributed by atoms with E-state index in [4.69, 9.17) is 17.0 Å². The first-order valence-corrected chi connectivity index (χ1v) is 9.64. The number of nitro groups is 1. The lowest BCUT2D eigenvalue weighted by Crippen LogP contribution is -2.17. The number of thioether (sulfide) groups is 1. The molecule has 1 N–H and O–H groups in total. The van der Waals surface area contributed by atoms with Gasteiger partial charge in [0.15, 0.2) is 0 Å². The van der Waals surface area contributed by atoms with Crippen LogP contribution in [0.5, 0.6) is 11.5 Å². The summed E-state index contributed by atoms with van der Waals surface area (Å²) in [6.07, 6.45) is -3.27. The second kappa shape index (κ2) is 8.13. The lowest BCUT2D eigenvalue weighted by molar-refractivity contribution is -0.385. The van der Waals surface area contributed by atoms with Crippen LogP contribution in [0.1, 0.15) is 11.1 Å². The highest BCUT2D eigenvalue weighted by molar-refractivity contribution is 9.10. The maximum atomic E-state index is 12.9. The molecule has 0 saturated carbocycles. The Morgan fingerprint density at radius 1 is 1.21 bits per heavy atom. The van der Waals surface area contributed by atoms with Gasteiger partial charge in [0.25, 0.3) is 5.91 Å². The maximum absolute atomic E-state index is 12.9. The zero-order valence-corrected chi connectivity index (χ0v) is 17.2. The molecule has 3 rings (SSSR count). The van der Waals surface area contributed by atoms with Gasteiger partial charge in [-0.05, 0) is 36.4 Å². The summed E-state index contributed by atoms with van der Waals surface area (Å²) in [5.41, 5.74) is -1.63. The number of hydrogen-bond acceptors (Lipinski definition) is 6. The number of nitro benzene ring substituents is 1. The van der Waals surface area contributed by atoms with E-state index in [1.54, 1.807) is 12.1 Å². The molecule has 0 radical (unpaired) electrons. The van der Waals surface area contributed by atoms with Crippen LogP contribution in [0.25, 0.3) is 6.08 Å². The van der Waals surface area contributed by atoms with E-state index in [0.29, 0.717) is 22.2 Å². The number of benzene rings is 2. The molecule has 0 atom stereocenters. The SMILES string of the molecule is O=C1NC(=S)S/C1=C\c1cc(Br)ccc1Oc1ccc(C(F)(F)F)cc1[N+](=O)[O-]. The predicted molar refractivity (Wildman–Crippen MR) is 109 cm³/mol. The van der Waals surface area contributed by atoms with Crippen molar-refractivity contribution in [3.8, 4) is 11.5 Å². The van der Waals surface area contributed by atoms with E-state index in [-0.39, 0.29) is 20.7 Å². The second-order valence-corrected chi connectivity index (χ2v) is 8.21. The minimum absolute atomic E-state index is 0.106. The average Bonchev–Trinajstić information content (AvgIpc) is 2.93. The summed E-state index contributed by atoms with van der Waals surface area (Å²) in [4.78, 5) is 22.5. The summed E-state index contributed by atoms with van der Waals surface area (Å²) in [6.45, 7) is 0. The van der Waals surface area contributed by atoms with Crippen LogP contribution in [-0.2, 0) is 11.0 Å². The van der Waals surface area contributed by atoms with Gasteiger partial charge in [-0.2, -0.15) is 13.2 Å². The van der Waals surface area contributed by atoms with Crippen LogP contribution in [0.15, 0.2) is 45.8 Å². The van der Waals surface area contributed by atoms with E-state index in [0.717, 1.165) is 17.8 Å². The Balaban J connectivity index is 2.03. The standard InChI is InChI=1S/C17H8BrF3N2O4S2/c18-10-2-4-12(8(5-10)6-14-15(24)22-16(28)29-14)27-13-3-1-9(17(19,20)21)7-11(13)23(25)26/h1-7H,(H,22,24,28)/b14-6-. The summed E-state index contributed by atoms with van der Waals surface area (Å²) in [6, 6.07) is 6.62. The maximum Gasteiger partial charge on any atom is 0.416 e. The number of carbonyl (C=O) groups excluding carboxylic acids is 1. The molecule has 1 aliphatic heterocycles. The Morgan fingerprint density at radius 2 is 1.90 bits per heavy atom. The van der Waals surface area contributed by atoms with Crippen LogP contribution in [0.2, 0.25) is 0 Å². The van der Waals surface area contributed by atoms with E-state index in [2.05, 4.69) is 21.2 Å². The van der Waals surface area contributed by atoms with Crippen LogP contribution < -0.4 is 10.1 Å². The fourth-order valence-electron chi connectivity index (χ4n) is 2.33. The molecule has 0 aliphatic carbocycles. The van der Waals surface area contributed by atoms with Crippen molar-refractivity contribution in [3.05, 3.63) is 67.0 Å². The third-order valence-electron chi connectivity index (χ3n) is 3.60. The number of alkyl halides is 3. The second-order valence-electron chi connectivity index (χ2n) is 5.57. The zero-order valence-electron chi connectivity index (χ0n) is 14.0. The molecule has 2 aromatic carbocycles. The number of carbonyl (C=O) groups is 1. The first-order valence-electron chi connectivity index (χ1n) is 7.62. The number of nitrogens with zero attached hydrogens (tertiary/aromatic N) is 1. The largest absolute Gasteiger partial charge is 0.449 e. The molecule has 2 aromatic rings. The van der Waals surface area contributed by atoms with Gasteiger partial charge in [0, 0.05) is 16.1 Å². The number of rotatable bonds is 4. The molecular weight excluding hydrogens is 497 g/mol. The number of halogens is 4. The number of ether oxygens (including phenoxy) is 1. The molecule has 0 aromatic heterocycles. The third-order valence-corrected chi connectivity index (χ3v) is 5.26. The number of nitrogens with one attached hydrogen (secondary N) is 1. The Hall–Kier alpha value is -2.44. The smallest absolute Gasteiger partial charge is 0.416 e. The van der Waals surface area contributed by atoms with E-state index in [9.17, 15) is 28.1 Å². The molecule has 0 bridgehead atoms. The predicted octanol–water partition coefficient (Wildman–Crippen LogP) is 5.66. The third kappa shape index (κ3) is 4.95. The molecule has 29 heavy (non-hydrogen) atoms. The summed E-state index contributed by atoms with van der Waals surface area (Å²) >= 11 is 9.23. The molecule has 1 fully saturated rings. The first kappa shape index (κ1) is 21.3. The molecule has 1 heterocycles. The van der Waals surface area contributed by atoms with Crippen LogP contribution in [0.3, 0.4) is 0 Å². The Bertz CT molecular complexity index is 1070. The van der Waals surface area contributed by atoms with Gasteiger partial charge >= 0.3 is 11.9 Å². The highest BCUT2D eigenvalue weighted by atomic mass is 79.9. The van der Waals surface area contributed by atoms with Gasteiger partial charge in [-0.3, -0.25) is 14.9 Å². The van der Waals surface area contributed by atoms with Crippen molar-refractivity contribution in [1.29, 1.82) is 0 Å². The van der Waals surface area contributed by atoms with Crippen molar-refractivity contribution < 1.29 is 27.6 Å². The first-order chi connectivity index (χ1) is 13.5. The average molecular weight is 505 g/mol. The van der Waals surface area contributed by atoms with Gasteiger partial charge < -0.3 is 10.1 Å². The topological polar surface area (TPSA) is 81.5 Å². The Kier molecular flexibility index (Phi) is 5.96. The highest BCUT2D eigenvalue weighted by Crippen LogP contribution is 2.39. The molecule has 150 valence electrons. The van der Waals surface area contributed by atoms with Crippen molar-refractivity contribution in [2.24, 2.45) is 0 Å². The molecular formula is C17H8BrF3N2O4S2. The summed E-state index contributed by atoms with van der Waals surface area (Å²) < 4.78 is 45.1. The van der Waals surface area contributed by atoms with Crippen molar-refractivity contribution in [2.45, 2.75) is 6.18 Å². The molecule has 0 unspecified atom stereocenters. The van der Waals surface area contributed by atoms with Crippen molar-refractivity contribution in [1.82, 2.24) is 5.32 Å². The molecule has 1 aliphatic rings. The molecule has 1 amide bonds. The highest BCUT2D eigenvalue weighted by Gasteiger charge is 2.33. The lowest BCUT2D eigenvalue weighted by Gasteiger charge is -2.12. The zero-order chi connectivity index (χ0) is 21.3. The molecule has 12 heteroatoms. The van der Waals surface area contributed by atoms with E-state index in [1.165, 1.54) is 12.1 Å². The van der Waals surface area contributed by atoms with Crippen LogP contribution in [0.4, 0.5) is 18.9 Å². The van der Waals surface area contributed by atoms with E-state index in [1.807, 2.05) is 0 Å². The van der Waals surface area contributed by atoms with Gasteiger partial charge in [0.1, 0.15) is 10.1 Å². The van der Waals surface area contributed by atoms with E-state index >= 15 is 0 Å². The number of thiocarbonyl (C=S) groups is 1. The summed E-state index contributed by atoms with van der Waals surface area (Å²) in [5.74, 6) is -0.676. The van der Waals surface area contributed by atoms with Gasteiger partial charge in [0.2, 0.25) is 5.75 Å². The quantitative estimate of drug-likeness (QED) is 0.250. The van der Waals surface area contributed by atoms with Crippen molar-refractivity contribution in [2.75, 3.05) is 0 Å². The van der Waals surface area contributed by atoms with Gasteiger partial charge in [-0.1, -0.05) is 39.9 Å². The van der Waals surface area contributed by atoms with Crippen LogP contribution in [-0.4, -0.2) is 15.2 Å². The summed E-state index contributed by atoms with van der Waals surface area (Å²) in [5, 5.41) is 13.7. The number of hydrogen-bond donors (Lipinski definition) is 1. The minimum atomic E-state index is -4.73. The minimum Gasteiger partial charge on any atom is -0.449 e. The van der Waals surface area contributed by atoms with Gasteiger partial charge in [0.05, 0.1) is 15.4 Å². The summed E-state index contributed by atoms with van der Waals surface area (Å²) in [7, 11) is 0. The van der Waals surface area contributed by atoms with Gasteiger partial charge in [-0.25, -0.2) is 0 Å². The van der Waals surface area contributed by atoms with Crippen LogP contribution in [0, 0.1) is 10.1 Å². The fourth-order valence-corrected chi connectivity index (χ4v) is 3.74. The Labute approximate surface area is 179 Å². The lowest BCUT2D eigenvalue weighted by atomic mass is 10.1. The van der Waals surface area contributed by atoms with E-state index < -0.39 is 28.3 Å². The number of amides is 1. The molecule has 0 spiro atoms. The van der Waals surface area contributed by atoms with Crippen molar-refractivity contribution in [3.63, 3.8) is 0 Å².